The molecular formula is C12H13FN8. The zero-order chi connectivity index (χ0) is 14.8. The number of aromatic nitrogens is 5. The van der Waals surface area contributed by atoms with Crippen molar-refractivity contribution in [2.45, 2.75) is 0 Å². The highest BCUT2D eigenvalue weighted by Crippen LogP contribution is 2.20. The van der Waals surface area contributed by atoms with Crippen LogP contribution < -0.4 is 10.2 Å². The van der Waals surface area contributed by atoms with E-state index in [-0.39, 0.29) is 17.3 Å². The normalized spacial score (nSPS) is 15.0. The Morgan fingerprint density at radius 2 is 2.10 bits per heavy atom. The molecule has 0 aromatic carbocycles. The van der Waals surface area contributed by atoms with E-state index in [2.05, 4.69) is 25.4 Å². The summed E-state index contributed by atoms with van der Waals surface area (Å²) < 4.78 is 15.3. The van der Waals surface area contributed by atoms with Gasteiger partial charge < -0.3 is 10.2 Å². The van der Waals surface area contributed by atoms with Crippen molar-refractivity contribution in [3.8, 4) is 17.6 Å². The molecule has 0 unspecified atom stereocenters. The van der Waals surface area contributed by atoms with Crippen molar-refractivity contribution in [2.75, 3.05) is 31.1 Å². The van der Waals surface area contributed by atoms with Crippen LogP contribution in [-0.2, 0) is 7.05 Å². The van der Waals surface area contributed by atoms with Crippen molar-refractivity contribution in [3.05, 3.63) is 17.8 Å². The summed E-state index contributed by atoms with van der Waals surface area (Å²) >= 11 is 0. The van der Waals surface area contributed by atoms with Crippen molar-refractivity contribution >= 4 is 5.95 Å². The largest absolute Gasteiger partial charge is 0.338 e. The van der Waals surface area contributed by atoms with Gasteiger partial charge in [-0.15, -0.1) is 5.10 Å². The molecule has 3 heterocycles. The summed E-state index contributed by atoms with van der Waals surface area (Å²) in [4.78, 5) is 14.2. The lowest BCUT2D eigenvalue weighted by Crippen LogP contribution is -2.44. The van der Waals surface area contributed by atoms with Gasteiger partial charge in [0.15, 0.2) is 11.6 Å². The maximum Gasteiger partial charge on any atom is 0.252 e. The molecule has 0 radical (unpaired) electrons. The van der Waals surface area contributed by atoms with E-state index >= 15 is 0 Å². The summed E-state index contributed by atoms with van der Waals surface area (Å²) in [6.07, 6.45) is 1.13. The van der Waals surface area contributed by atoms with Crippen LogP contribution in [0.2, 0.25) is 0 Å². The monoisotopic (exact) mass is 288 g/mol. The molecule has 0 bridgehead atoms. The van der Waals surface area contributed by atoms with Gasteiger partial charge >= 0.3 is 0 Å². The molecule has 1 N–H and O–H groups in total. The van der Waals surface area contributed by atoms with Crippen LogP contribution in [-0.4, -0.2) is 50.9 Å². The average molecular weight is 288 g/mol. The van der Waals surface area contributed by atoms with Crippen molar-refractivity contribution in [2.24, 2.45) is 7.05 Å². The quantitative estimate of drug-likeness (QED) is 0.810. The molecule has 1 aliphatic heterocycles. The second-order valence-corrected chi connectivity index (χ2v) is 4.60. The van der Waals surface area contributed by atoms with Crippen molar-refractivity contribution in [1.29, 1.82) is 5.26 Å². The van der Waals surface area contributed by atoms with E-state index in [1.165, 1.54) is 4.68 Å². The molecule has 0 saturated carbocycles. The highest BCUT2D eigenvalue weighted by atomic mass is 19.1. The topological polar surface area (TPSA) is 95.5 Å². The van der Waals surface area contributed by atoms with Gasteiger partial charge in [-0.2, -0.15) is 10.2 Å². The van der Waals surface area contributed by atoms with Gasteiger partial charge in [0.05, 0.1) is 6.20 Å². The van der Waals surface area contributed by atoms with E-state index in [0.29, 0.717) is 5.95 Å². The molecule has 3 rings (SSSR count). The first kappa shape index (κ1) is 13.4. The Hall–Kier alpha value is -2.60. The first-order valence-corrected chi connectivity index (χ1v) is 6.49. The minimum Gasteiger partial charge on any atom is -0.338 e. The molecular weight excluding hydrogens is 275 g/mol. The zero-order valence-electron chi connectivity index (χ0n) is 11.4. The van der Waals surface area contributed by atoms with Gasteiger partial charge in [-0.25, -0.2) is 19.0 Å². The Morgan fingerprint density at radius 3 is 2.76 bits per heavy atom. The van der Waals surface area contributed by atoms with Gasteiger partial charge in [-0.05, 0) is 0 Å². The van der Waals surface area contributed by atoms with E-state index < -0.39 is 5.82 Å². The second kappa shape index (κ2) is 5.41. The van der Waals surface area contributed by atoms with Gasteiger partial charge in [-0.3, -0.25) is 0 Å². The zero-order valence-corrected chi connectivity index (χ0v) is 11.4. The standard InChI is InChI=1S/C12H13FN8/c1-20-11(17-9(6-14)19-20)10-8(13)7-16-12(18-10)21-4-2-15-3-5-21/h7,15H,2-5H2,1H3. The van der Waals surface area contributed by atoms with Gasteiger partial charge in [0.25, 0.3) is 5.82 Å². The number of anilines is 1. The Kier molecular flexibility index (Phi) is 3.45. The minimum absolute atomic E-state index is 0.0192. The summed E-state index contributed by atoms with van der Waals surface area (Å²) in [7, 11) is 1.59. The third-order valence-electron chi connectivity index (χ3n) is 3.21. The van der Waals surface area contributed by atoms with Crippen molar-refractivity contribution in [3.63, 3.8) is 0 Å². The summed E-state index contributed by atoms with van der Waals surface area (Å²) in [6.45, 7) is 3.18. The molecule has 0 atom stereocenters. The number of halogens is 1. The molecule has 0 spiro atoms. The second-order valence-electron chi connectivity index (χ2n) is 4.60. The number of nitrogens with zero attached hydrogens (tertiary/aromatic N) is 7. The number of aryl methyl sites for hydroxylation is 1. The maximum atomic E-state index is 14.0. The van der Waals surface area contributed by atoms with Crippen LogP contribution in [0.1, 0.15) is 5.82 Å². The van der Waals surface area contributed by atoms with Crippen LogP contribution in [0.25, 0.3) is 11.5 Å². The fourth-order valence-corrected chi connectivity index (χ4v) is 2.17. The summed E-state index contributed by atoms with van der Waals surface area (Å²) in [5, 5.41) is 15.9. The van der Waals surface area contributed by atoms with Gasteiger partial charge in [0.1, 0.15) is 11.8 Å². The molecule has 8 nitrogen and oxygen atoms in total. The molecule has 0 aliphatic carbocycles. The smallest absolute Gasteiger partial charge is 0.252 e. The number of nitrogens with one attached hydrogen (secondary N) is 1. The molecule has 9 heteroatoms. The molecule has 2 aromatic rings. The van der Waals surface area contributed by atoms with Crippen LogP contribution in [0.4, 0.5) is 10.3 Å². The third kappa shape index (κ3) is 2.53. The lowest BCUT2D eigenvalue weighted by atomic mass is 10.3. The first-order chi connectivity index (χ1) is 10.2. The molecule has 1 aliphatic rings. The Balaban J connectivity index is 2.01. The number of nitriles is 1. The highest BCUT2D eigenvalue weighted by molar-refractivity contribution is 5.53. The Labute approximate surface area is 120 Å². The fourth-order valence-electron chi connectivity index (χ4n) is 2.17. The van der Waals surface area contributed by atoms with Crippen molar-refractivity contribution < 1.29 is 4.39 Å². The predicted octanol–water partition coefficient (Wildman–Crippen LogP) is -0.308. The van der Waals surface area contributed by atoms with Crippen LogP contribution >= 0.6 is 0 Å². The van der Waals surface area contributed by atoms with Gasteiger partial charge in [0.2, 0.25) is 5.95 Å². The van der Waals surface area contributed by atoms with E-state index in [1.54, 1.807) is 7.05 Å². The molecule has 21 heavy (non-hydrogen) atoms. The Morgan fingerprint density at radius 1 is 1.33 bits per heavy atom. The number of piperazine rings is 1. The highest BCUT2D eigenvalue weighted by Gasteiger charge is 2.19. The van der Waals surface area contributed by atoms with Crippen LogP contribution in [0.15, 0.2) is 6.20 Å². The number of rotatable bonds is 2. The van der Waals surface area contributed by atoms with E-state index in [1.807, 2.05) is 11.0 Å². The van der Waals surface area contributed by atoms with Crippen LogP contribution in [0.5, 0.6) is 0 Å². The Bertz CT molecular complexity index is 698. The number of hydrogen-bond donors (Lipinski definition) is 1. The first-order valence-electron chi connectivity index (χ1n) is 6.49. The molecule has 108 valence electrons. The average Bonchev–Trinajstić information content (AvgIpc) is 2.90. The fraction of sp³-hybridized carbons (Fsp3) is 0.417. The van der Waals surface area contributed by atoms with Crippen LogP contribution in [0.3, 0.4) is 0 Å². The third-order valence-corrected chi connectivity index (χ3v) is 3.21. The van der Waals surface area contributed by atoms with E-state index in [9.17, 15) is 4.39 Å². The molecule has 0 amide bonds. The molecule has 2 aromatic heterocycles. The van der Waals surface area contributed by atoms with Gasteiger partial charge in [-0.1, -0.05) is 0 Å². The lowest BCUT2D eigenvalue weighted by molar-refractivity contribution is 0.572. The lowest BCUT2D eigenvalue weighted by Gasteiger charge is -2.27. The number of hydrogen-bond acceptors (Lipinski definition) is 7. The van der Waals surface area contributed by atoms with E-state index in [0.717, 1.165) is 32.4 Å². The molecule has 1 fully saturated rings. The van der Waals surface area contributed by atoms with Crippen LogP contribution in [0, 0.1) is 17.1 Å². The summed E-state index contributed by atoms with van der Waals surface area (Å²) in [6, 6.07) is 1.83. The SMILES string of the molecule is Cn1nc(C#N)nc1-c1nc(N2CCNCC2)ncc1F. The summed E-state index contributed by atoms with van der Waals surface area (Å²) in [5.74, 6) is 0.0559. The summed E-state index contributed by atoms with van der Waals surface area (Å²) in [5.41, 5.74) is 0.0510. The van der Waals surface area contributed by atoms with Gasteiger partial charge in [0, 0.05) is 33.2 Å². The van der Waals surface area contributed by atoms with Crippen molar-refractivity contribution in [1.82, 2.24) is 30.0 Å². The minimum atomic E-state index is -0.589. The predicted molar refractivity (Wildman–Crippen MR) is 71.8 cm³/mol. The maximum absolute atomic E-state index is 14.0. The molecule has 1 saturated heterocycles. The van der Waals surface area contributed by atoms with E-state index in [4.69, 9.17) is 5.26 Å².